The predicted octanol–water partition coefficient (Wildman–Crippen LogP) is 12.8. The van der Waals surface area contributed by atoms with Crippen molar-refractivity contribution in [3.05, 3.63) is 36.5 Å². The number of rotatable bonds is 46. The molecule has 1 fully saturated rings. The molecule has 0 saturated carbocycles. The molecule has 0 bridgehead atoms. The largest absolute Gasteiger partial charge is 0.394 e. The van der Waals surface area contributed by atoms with Crippen LogP contribution in [0.2, 0.25) is 0 Å². The van der Waals surface area contributed by atoms with Crippen LogP contribution in [-0.4, -0.2) is 87.5 Å². The van der Waals surface area contributed by atoms with Crippen LogP contribution in [0.15, 0.2) is 36.5 Å². The number of allylic oxidation sites excluding steroid dienone is 6. The Bertz CT molecular complexity index is 1100. The Labute approximate surface area is 393 Å². The van der Waals surface area contributed by atoms with Gasteiger partial charge in [-0.3, -0.25) is 4.79 Å². The molecule has 9 nitrogen and oxygen atoms in total. The summed E-state index contributed by atoms with van der Waals surface area (Å²) < 4.78 is 11.3. The summed E-state index contributed by atoms with van der Waals surface area (Å²) in [6.45, 7) is 3.74. The molecule has 7 atom stereocenters. The van der Waals surface area contributed by atoms with E-state index in [4.69, 9.17) is 9.47 Å². The fraction of sp³-hybridized carbons (Fsp3) is 0.873. The van der Waals surface area contributed by atoms with E-state index in [2.05, 4.69) is 55.6 Å². The van der Waals surface area contributed by atoms with Crippen molar-refractivity contribution in [2.24, 2.45) is 0 Å². The molecule has 1 heterocycles. The van der Waals surface area contributed by atoms with Gasteiger partial charge in [0.05, 0.1) is 25.4 Å². The number of carbonyl (C=O) groups is 1. The van der Waals surface area contributed by atoms with Crippen LogP contribution in [0, 0.1) is 0 Å². The highest BCUT2D eigenvalue weighted by Crippen LogP contribution is 2.23. The number of aliphatic hydroxyl groups excluding tert-OH is 5. The van der Waals surface area contributed by atoms with Gasteiger partial charge in [0.1, 0.15) is 24.4 Å². The monoisotopic (exact) mass is 906 g/mol. The molecule has 376 valence electrons. The van der Waals surface area contributed by atoms with Crippen LogP contribution in [0.25, 0.3) is 0 Å². The SMILES string of the molecule is CC/C=C\C/C=C\C/C=C\CCCCCCCCCC(=O)NC(COC1OC(CO)C(O)C(O)C1O)C(O)CCCCCCCCCCCCCCCCCCCCCCCCCC. The molecule has 0 aromatic heterocycles. The average molecular weight is 906 g/mol. The first-order chi connectivity index (χ1) is 31.3. The molecular weight excluding hydrogens is 803 g/mol. The van der Waals surface area contributed by atoms with Crippen LogP contribution < -0.4 is 5.32 Å². The summed E-state index contributed by atoms with van der Waals surface area (Å²) in [6, 6.07) is -0.725. The minimum Gasteiger partial charge on any atom is -0.394 e. The van der Waals surface area contributed by atoms with Crippen LogP contribution in [-0.2, 0) is 14.3 Å². The van der Waals surface area contributed by atoms with Gasteiger partial charge >= 0.3 is 0 Å². The van der Waals surface area contributed by atoms with Crippen LogP contribution in [0.5, 0.6) is 0 Å². The summed E-state index contributed by atoms with van der Waals surface area (Å²) in [5.41, 5.74) is 0. The maximum Gasteiger partial charge on any atom is 0.220 e. The van der Waals surface area contributed by atoms with Gasteiger partial charge in [0.25, 0.3) is 0 Å². The van der Waals surface area contributed by atoms with Gasteiger partial charge in [-0.05, 0) is 44.9 Å². The van der Waals surface area contributed by atoms with Gasteiger partial charge in [-0.1, -0.05) is 237 Å². The lowest BCUT2D eigenvalue weighted by Crippen LogP contribution is -2.60. The molecule has 0 aromatic carbocycles. The van der Waals surface area contributed by atoms with Crippen LogP contribution in [0.3, 0.4) is 0 Å². The van der Waals surface area contributed by atoms with E-state index in [1.54, 1.807) is 0 Å². The van der Waals surface area contributed by atoms with E-state index >= 15 is 0 Å². The normalized spacial score (nSPS) is 20.3. The third kappa shape index (κ3) is 34.7. The predicted molar refractivity (Wildman–Crippen MR) is 267 cm³/mol. The third-order valence-electron chi connectivity index (χ3n) is 13.0. The summed E-state index contributed by atoms with van der Waals surface area (Å²) in [7, 11) is 0. The Hall–Kier alpha value is -1.59. The lowest BCUT2D eigenvalue weighted by Gasteiger charge is -2.40. The summed E-state index contributed by atoms with van der Waals surface area (Å²) in [4.78, 5) is 13.0. The van der Waals surface area contributed by atoms with E-state index in [1.807, 2.05) is 0 Å². The third-order valence-corrected chi connectivity index (χ3v) is 13.0. The van der Waals surface area contributed by atoms with Gasteiger partial charge in [-0.2, -0.15) is 0 Å². The number of ether oxygens (including phenoxy) is 2. The first kappa shape index (κ1) is 60.4. The smallest absolute Gasteiger partial charge is 0.220 e. The molecule has 0 radical (unpaired) electrons. The van der Waals surface area contributed by atoms with Crippen molar-refractivity contribution in [3.8, 4) is 0 Å². The van der Waals surface area contributed by atoms with Crippen molar-refractivity contribution in [2.75, 3.05) is 13.2 Å². The molecule has 0 spiro atoms. The maximum absolute atomic E-state index is 13.0. The number of amides is 1. The van der Waals surface area contributed by atoms with Crippen LogP contribution in [0.4, 0.5) is 0 Å². The van der Waals surface area contributed by atoms with E-state index < -0.39 is 49.5 Å². The Balaban J connectivity index is 2.23. The van der Waals surface area contributed by atoms with Crippen molar-refractivity contribution in [1.82, 2.24) is 5.32 Å². The topological polar surface area (TPSA) is 149 Å². The molecule has 0 aliphatic carbocycles. The number of hydrogen-bond donors (Lipinski definition) is 6. The minimum atomic E-state index is -1.56. The Morgan fingerprint density at radius 3 is 1.44 bits per heavy atom. The molecule has 64 heavy (non-hydrogen) atoms. The van der Waals surface area contributed by atoms with Crippen molar-refractivity contribution in [1.29, 1.82) is 0 Å². The van der Waals surface area contributed by atoms with Gasteiger partial charge in [0, 0.05) is 6.42 Å². The number of nitrogens with one attached hydrogen (secondary N) is 1. The lowest BCUT2D eigenvalue weighted by molar-refractivity contribution is -0.302. The van der Waals surface area contributed by atoms with Crippen molar-refractivity contribution in [3.63, 3.8) is 0 Å². The highest BCUT2D eigenvalue weighted by Gasteiger charge is 2.44. The molecule has 1 amide bonds. The number of hydrogen-bond acceptors (Lipinski definition) is 8. The first-order valence-corrected chi connectivity index (χ1v) is 27.2. The molecule has 9 heteroatoms. The molecule has 7 unspecified atom stereocenters. The Morgan fingerprint density at radius 2 is 0.969 bits per heavy atom. The zero-order chi connectivity index (χ0) is 46.6. The van der Waals surface area contributed by atoms with Gasteiger partial charge in [-0.15, -0.1) is 0 Å². The van der Waals surface area contributed by atoms with Gasteiger partial charge in [-0.25, -0.2) is 0 Å². The Kier molecular flexibility index (Phi) is 42.7. The van der Waals surface area contributed by atoms with Crippen molar-refractivity contribution < 1.29 is 39.8 Å². The van der Waals surface area contributed by atoms with Gasteiger partial charge in [0.15, 0.2) is 6.29 Å². The van der Waals surface area contributed by atoms with Crippen LogP contribution in [0.1, 0.15) is 251 Å². The van der Waals surface area contributed by atoms with Gasteiger partial charge in [0.2, 0.25) is 5.91 Å². The first-order valence-electron chi connectivity index (χ1n) is 27.2. The molecule has 1 aliphatic heterocycles. The summed E-state index contributed by atoms with van der Waals surface area (Å²) >= 11 is 0. The molecular formula is C55H103NO8. The molecule has 1 rings (SSSR count). The minimum absolute atomic E-state index is 0.141. The maximum atomic E-state index is 13.0. The molecule has 1 aliphatic rings. The highest BCUT2D eigenvalue weighted by atomic mass is 16.7. The molecule has 6 N–H and O–H groups in total. The average Bonchev–Trinajstić information content (AvgIpc) is 3.29. The van der Waals surface area contributed by atoms with E-state index in [1.165, 1.54) is 154 Å². The van der Waals surface area contributed by atoms with E-state index in [0.717, 1.165) is 70.6 Å². The summed E-state index contributed by atoms with van der Waals surface area (Å²) in [5.74, 6) is -0.153. The number of unbranched alkanes of at least 4 members (excludes halogenated alkanes) is 30. The lowest BCUT2D eigenvalue weighted by atomic mass is 9.99. The number of aliphatic hydroxyl groups is 5. The quantitative estimate of drug-likeness (QED) is 0.0261. The molecule has 1 saturated heterocycles. The summed E-state index contributed by atoms with van der Waals surface area (Å²) in [5, 5.41) is 54.6. The molecule has 0 aromatic rings. The summed E-state index contributed by atoms with van der Waals surface area (Å²) in [6.07, 6.45) is 50.2. The number of carbonyl (C=O) groups excluding carboxylic acids is 1. The Morgan fingerprint density at radius 1 is 0.547 bits per heavy atom. The fourth-order valence-corrected chi connectivity index (χ4v) is 8.71. The van der Waals surface area contributed by atoms with Gasteiger partial charge < -0.3 is 40.3 Å². The van der Waals surface area contributed by atoms with E-state index in [9.17, 15) is 30.3 Å². The van der Waals surface area contributed by atoms with E-state index in [-0.39, 0.29) is 12.5 Å². The van der Waals surface area contributed by atoms with Crippen LogP contribution >= 0.6 is 0 Å². The second-order valence-corrected chi connectivity index (χ2v) is 19.0. The highest BCUT2D eigenvalue weighted by molar-refractivity contribution is 5.76. The zero-order valence-corrected chi connectivity index (χ0v) is 41.5. The second-order valence-electron chi connectivity index (χ2n) is 19.0. The zero-order valence-electron chi connectivity index (χ0n) is 41.5. The van der Waals surface area contributed by atoms with Crippen molar-refractivity contribution in [2.45, 2.75) is 294 Å². The second kappa shape index (κ2) is 45.2. The van der Waals surface area contributed by atoms with E-state index in [0.29, 0.717) is 12.8 Å². The standard InChI is InChI=1S/C55H103NO8/c1-3-5-7-9-11-13-15-17-19-21-22-23-24-25-26-27-29-30-32-34-36-38-40-42-44-49(58)48(47-63-55-54(62)53(61)52(60)50(46-57)64-55)56-51(59)45-43-41-39-37-35-33-31-28-20-18-16-14-12-10-8-6-4-2/h6,8,12,14,18,20,48-50,52-55,57-58,60-62H,3-5,7,9-11,13,15-17,19,21-47H2,1-2H3,(H,56,59)/b8-6-,14-12-,20-18-. The van der Waals surface area contributed by atoms with Crippen molar-refractivity contribution >= 4 is 5.91 Å². The fourth-order valence-electron chi connectivity index (χ4n) is 8.71.